The van der Waals surface area contributed by atoms with Crippen LogP contribution in [0.15, 0.2) is 65.8 Å². The highest BCUT2D eigenvalue weighted by atomic mass is 16.5. The van der Waals surface area contributed by atoms with Gasteiger partial charge in [-0.15, -0.1) is 0 Å². The molecule has 28 heavy (non-hydrogen) atoms. The second kappa shape index (κ2) is 10.4. The van der Waals surface area contributed by atoms with Gasteiger partial charge >= 0.3 is 5.97 Å². The van der Waals surface area contributed by atoms with Gasteiger partial charge in [-0.3, -0.25) is 0 Å². The van der Waals surface area contributed by atoms with Gasteiger partial charge in [-0.1, -0.05) is 35.4 Å². The summed E-state index contributed by atoms with van der Waals surface area (Å²) < 4.78 is 11.3. The van der Waals surface area contributed by atoms with Gasteiger partial charge in [0.2, 0.25) is 0 Å². The van der Waals surface area contributed by atoms with Crippen molar-refractivity contribution >= 4 is 5.97 Å². The van der Waals surface area contributed by atoms with Crippen LogP contribution in [-0.2, 0) is 0 Å². The molecule has 0 saturated heterocycles. The molecule has 0 heterocycles. The molecule has 0 aromatic heterocycles. The first-order chi connectivity index (χ1) is 13.4. The Morgan fingerprint density at radius 3 is 2.43 bits per heavy atom. The molecule has 1 N–H and O–H groups in total. The third-order valence-electron chi connectivity index (χ3n) is 4.37. The summed E-state index contributed by atoms with van der Waals surface area (Å²) in [7, 11) is 1.60. The molecular formula is C24H28O4. The van der Waals surface area contributed by atoms with Crippen LogP contribution in [0.3, 0.4) is 0 Å². The van der Waals surface area contributed by atoms with Crippen molar-refractivity contribution < 1.29 is 19.4 Å². The lowest BCUT2D eigenvalue weighted by Crippen LogP contribution is -1.98. The molecule has 0 aliphatic heterocycles. The lowest BCUT2D eigenvalue weighted by atomic mass is 10.0. The predicted molar refractivity (Wildman–Crippen MR) is 113 cm³/mol. The van der Waals surface area contributed by atoms with E-state index >= 15 is 0 Å². The molecule has 0 saturated carbocycles. The summed E-state index contributed by atoms with van der Waals surface area (Å²) in [6.45, 7) is 6.80. The lowest BCUT2D eigenvalue weighted by Gasteiger charge is -2.12. The number of carboxylic acid groups (broad SMARTS) is 1. The van der Waals surface area contributed by atoms with Crippen molar-refractivity contribution in [2.75, 3.05) is 13.7 Å². The average Bonchev–Trinajstić information content (AvgIpc) is 2.68. The number of rotatable bonds is 9. The van der Waals surface area contributed by atoms with E-state index in [4.69, 9.17) is 9.47 Å². The Bertz CT molecular complexity index is 874. The zero-order chi connectivity index (χ0) is 20.5. The molecule has 2 aromatic carbocycles. The van der Waals surface area contributed by atoms with Crippen molar-refractivity contribution in [3.63, 3.8) is 0 Å². The summed E-state index contributed by atoms with van der Waals surface area (Å²) in [6.07, 6.45) is 6.38. The van der Waals surface area contributed by atoms with E-state index in [1.54, 1.807) is 25.3 Å². The first-order valence-corrected chi connectivity index (χ1v) is 9.34. The molecule has 148 valence electrons. The maximum atomic E-state index is 11.2. The van der Waals surface area contributed by atoms with E-state index in [1.165, 1.54) is 11.1 Å². The number of hydrogen-bond acceptors (Lipinski definition) is 3. The minimum Gasteiger partial charge on any atom is -0.493 e. The number of methoxy groups -OCH3 is 1. The van der Waals surface area contributed by atoms with Gasteiger partial charge in [-0.2, -0.15) is 0 Å². The summed E-state index contributed by atoms with van der Waals surface area (Å²) in [5.74, 6) is 0.336. The second-order valence-electron chi connectivity index (χ2n) is 6.93. The SMILES string of the molecule is COc1cc(-c2cccc(C(=O)O)c2)ccc1OC/C=C(\C)CCC=C(C)C. The van der Waals surface area contributed by atoms with Crippen molar-refractivity contribution in [1.29, 1.82) is 0 Å². The van der Waals surface area contributed by atoms with Crippen LogP contribution in [-0.4, -0.2) is 24.8 Å². The molecule has 2 rings (SSSR count). The predicted octanol–water partition coefficient (Wildman–Crippen LogP) is 6.13. The topological polar surface area (TPSA) is 55.8 Å². The van der Waals surface area contributed by atoms with E-state index in [1.807, 2.05) is 24.3 Å². The van der Waals surface area contributed by atoms with Gasteiger partial charge in [0.25, 0.3) is 0 Å². The van der Waals surface area contributed by atoms with Crippen molar-refractivity contribution in [3.8, 4) is 22.6 Å². The van der Waals surface area contributed by atoms with E-state index in [2.05, 4.69) is 32.9 Å². The molecule has 0 unspecified atom stereocenters. The second-order valence-corrected chi connectivity index (χ2v) is 6.93. The molecule has 0 aliphatic rings. The normalized spacial score (nSPS) is 11.1. The number of allylic oxidation sites excluding steroid dienone is 3. The van der Waals surface area contributed by atoms with Crippen LogP contribution in [0.4, 0.5) is 0 Å². The summed E-state index contributed by atoms with van der Waals surface area (Å²) >= 11 is 0. The van der Waals surface area contributed by atoms with Crippen LogP contribution < -0.4 is 9.47 Å². The number of aromatic carboxylic acids is 1. The minimum atomic E-state index is -0.944. The van der Waals surface area contributed by atoms with Crippen molar-refractivity contribution in [2.24, 2.45) is 0 Å². The van der Waals surface area contributed by atoms with E-state index in [-0.39, 0.29) is 5.56 Å². The lowest BCUT2D eigenvalue weighted by molar-refractivity contribution is 0.0697. The highest BCUT2D eigenvalue weighted by Gasteiger charge is 2.09. The van der Waals surface area contributed by atoms with Crippen LogP contribution >= 0.6 is 0 Å². The Hall–Kier alpha value is -3.01. The highest BCUT2D eigenvalue weighted by Crippen LogP contribution is 2.33. The quantitative estimate of drug-likeness (QED) is 0.532. The number of ether oxygens (including phenoxy) is 2. The molecule has 0 radical (unpaired) electrons. The zero-order valence-electron chi connectivity index (χ0n) is 17.0. The van der Waals surface area contributed by atoms with Gasteiger partial charge in [-0.05, 0) is 75.1 Å². The Kier molecular flexibility index (Phi) is 7.88. The van der Waals surface area contributed by atoms with E-state index in [0.717, 1.165) is 24.0 Å². The Morgan fingerprint density at radius 2 is 1.75 bits per heavy atom. The Labute approximate surface area is 167 Å². The average molecular weight is 380 g/mol. The molecule has 0 amide bonds. The molecular weight excluding hydrogens is 352 g/mol. The number of carbonyl (C=O) groups is 1. The molecule has 4 heteroatoms. The van der Waals surface area contributed by atoms with E-state index in [0.29, 0.717) is 18.1 Å². The van der Waals surface area contributed by atoms with Gasteiger partial charge in [0.15, 0.2) is 11.5 Å². The molecule has 2 aromatic rings. The summed E-state index contributed by atoms with van der Waals surface area (Å²) in [4.78, 5) is 11.2. The maximum Gasteiger partial charge on any atom is 0.335 e. The number of carboxylic acids is 1. The summed E-state index contributed by atoms with van der Waals surface area (Å²) in [5, 5.41) is 9.17. The first kappa shape index (κ1) is 21.3. The van der Waals surface area contributed by atoms with Crippen LogP contribution in [0.2, 0.25) is 0 Å². The highest BCUT2D eigenvalue weighted by molar-refractivity contribution is 5.89. The fraction of sp³-hybridized carbons (Fsp3) is 0.292. The monoisotopic (exact) mass is 380 g/mol. The molecule has 0 aliphatic carbocycles. The summed E-state index contributed by atoms with van der Waals surface area (Å²) in [6, 6.07) is 12.5. The summed E-state index contributed by atoms with van der Waals surface area (Å²) in [5.41, 5.74) is 4.58. The Balaban J connectivity index is 2.08. The Morgan fingerprint density at radius 1 is 1.00 bits per heavy atom. The van der Waals surface area contributed by atoms with Gasteiger partial charge in [0, 0.05) is 0 Å². The molecule has 0 spiro atoms. The maximum absolute atomic E-state index is 11.2. The van der Waals surface area contributed by atoms with Crippen LogP contribution in [0.25, 0.3) is 11.1 Å². The van der Waals surface area contributed by atoms with Crippen molar-refractivity contribution in [3.05, 3.63) is 71.3 Å². The van der Waals surface area contributed by atoms with Crippen molar-refractivity contribution in [1.82, 2.24) is 0 Å². The third kappa shape index (κ3) is 6.31. The smallest absolute Gasteiger partial charge is 0.335 e. The van der Waals surface area contributed by atoms with Crippen LogP contribution in [0.5, 0.6) is 11.5 Å². The fourth-order valence-corrected chi connectivity index (χ4v) is 2.76. The first-order valence-electron chi connectivity index (χ1n) is 9.34. The molecule has 4 nitrogen and oxygen atoms in total. The number of benzene rings is 2. The van der Waals surface area contributed by atoms with E-state index in [9.17, 15) is 9.90 Å². The van der Waals surface area contributed by atoms with Crippen molar-refractivity contribution in [2.45, 2.75) is 33.6 Å². The van der Waals surface area contributed by atoms with Gasteiger partial charge in [0.05, 0.1) is 12.7 Å². The van der Waals surface area contributed by atoms with E-state index < -0.39 is 5.97 Å². The van der Waals surface area contributed by atoms with Gasteiger partial charge < -0.3 is 14.6 Å². The van der Waals surface area contributed by atoms with Crippen LogP contribution in [0.1, 0.15) is 44.0 Å². The molecule has 0 fully saturated rings. The minimum absolute atomic E-state index is 0.255. The molecule has 0 bridgehead atoms. The molecule has 0 atom stereocenters. The third-order valence-corrected chi connectivity index (χ3v) is 4.37. The number of hydrogen-bond donors (Lipinski definition) is 1. The van der Waals surface area contributed by atoms with Gasteiger partial charge in [-0.25, -0.2) is 4.79 Å². The zero-order valence-corrected chi connectivity index (χ0v) is 17.0. The van der Waals surface area contributed by atoms with Crippen LogP contribution in [0, 0.1) is 0 Å². The fourth-order valence-electron chi connectivity index (χ4n) is 2.76. The standard InChI is InChI=1S/C24H28O4/c1-17(2)7-5-8-18(3)13-14-28-22-12-11-20(16-23(22)27-4)19-9-6-10-21(15-19)24(25)26/h6-7,9-13,15-16H,5,8,14H2,1-4H3,(H,25,26)/b18-13+. The van der Waals surface area contributed by atoms with Gasteiger partial charge in [0.1, 0.15) is 6.61 Å². The largest absolute Gasteiger partial charge is 0.493 e.